The van der Waals surface area contributed by atoms with Crippen LogP contribution in [-0.2, 0) is 15.9 Å². The lowest BCUT2D eigenvalue weighted by Crippen LogP contribution is -2.09. The van der Waals surface area contributed by atoms with E-state index in [1.807, 2.05) is 18.2 Å². The molecule has 2 aromatic carbocycles. The van der Waals surface area contributed by atoms with Crippen molar-refractivity contribution in [3.05, 3.63) is 59.7 Å². The molecule has 0 aliphatic carbocycles. The summed E-state index contributed by atoms with van der Waals surface area (Å²) in [6, 6.07) is 14.6. The SMILES string of the molecule is Oc1ccc(O)c(C2CO[C@H](CCc3ccccc3)O2)c1. The van der Waals surface area contributed by atoms with Crippen LogP contribution in [-0.4, -0.2) is 23.1 Å². The third-order valence-electron chi connectivity index (χ3n) is 3.62. The Labute approximate surface area is 123 Å². The molecule has 3 rings (SSSR count). The summed E-state index contributed by atoms with van der Waals surface area (Å²) in [5.41, 5.74) is 1.81. The summed E-state index contributed by atoms with van der Waals surface area (Å²) < 4.78 is 11.4. The predicted molar refractivity (Wildman–Crippen MR) is 78.1 cm³/mol. The van der Waals surface area contributed by atoms with Crippen molar-refractivity contribution in [2.75, 3.05) is 6.61 Å². The number of aromatic hydroxyl groups is 2. The average molecular weight is 286 g/mol. The summed E-state index contributed by atoms with van der Waals surface area (Å²) in [5.74, 6) is 0.226. The van der Waals surface area contributed by atoms with Crippen molar-refractivity contribution in [1.82, 2.24) is 0 Å². The molecular formula is C17H18O4. The van der Waals surface area contributed by atoms with E-state index in [9.17, 15) is 10.2 Å². The van der Waals surface area contributed by atoms with Gasteiger partial charge in [0.25, 0.3) is 0 Å². The van der Waals surface area contributed by atoms with Gasteiger partial charge in [0.1, 0.15) is 17.6 Å². The Bertz CT molecular complexity index is 597. The largest absolute Gasteiger partial charge is 0.508 e. The first-order valence-corrected chi connectivity index (χ1v) is 7.05. The molecule has 0 saturated carbocycles. The van der Waals surface area contributed by atoms with Crippen molar-refractivity contribution >= 4 is 0 Å². The highest BCUT2D eigenvalue weighted by Gasteiger charge is 2.29. The van der Waals surface area contributed by atoms with Crippen molar-refractivity contribution in [3.8, 4) is 11.5 Å². The fourth-order valence-corrected chi connectivity index (χ4v) is 2.50. The van der Waals surface area contributed by atoms with Crippen molar-refractivity contribution < 1.29 is 19.7 Å². The lowest BCUT2D eigenvalue weighted by Gasteiger charge is -2.13. The van der Waals surface area contributed by atoms with Crippen molar-refractivity contribution in [2.24, 2.45) is 0 Å². The monoisotopic (exact) mass is 286 g/mol. The molecule has 1 saturated heterocycles. The number of hydrogen-bond donors (Lipinski definition) is 2. The third-order valence-corrected chi connectivity index (χ3v) is 3.62. The van der Waals surface area contributed by atoms with Crippen LogP contribution in [0.4, 0.5) is 0 Å². The first-order chi connectivity index (χ1) is 10.2. The highest BCUT2D eigenvalue weighted by atomic mass is 16.7. The van der Waals surface area contributed by atoms with Gasteiger partial charge in [-0.25, -0.2) is 0 Å². The molecule has 4 nitrogen and oxygen atoms in total. The Kier molecular flexibility index (Phi) is 4.08. The summed E-state index contributed by atoms with van der Waals surface area (Å²) in [5, 5.41) is 19.4. The number of hydrogen-bond acceptors (Lipinski definition) is 4. The molecule has 2 atom stereocenters. The molecule has 1 aliphatic heterocycles. The van der Waals surface area contributed by atoms with Crippen LogP contribution in [0.1, 0.15) is 23.7 Å². The van der Waals surface area contributed by atoms with E-state index in [1.54, 1.807) is 0 Å². The smallest absolute Gasteiger partial charge is 0.158 e. The summed E-state index contributed by atoms with van der Waals surface area (Å²) in [4.78, 5) is 0. The zero-order chi connectivity index (χ0) is 14.7. The van der Waals surface area contributed by atoms with Crippen molar-refractivity contribution in [1.29, 1.82) is 0 Å². The molecule has 1 unspecified atom stereocenters. The van der Waals surface area contributed by atoms with Crippen LogP contribution in [0, 0.1) is 0 Å². The lowest BCUT2D eigenvalue weighted by atomic mass is 10.1. The van der Waals surface area contributed by atoms with Crippen LogP contribution in [0.2, 0.25) is 0 Å². The summed E-state index contributed by atoms with van der Waals surface area (Å²) in [6.45, 7) is 0.385. The van der Waals surface area contributed by atoms with Gasteiger partial charge in [-0.3, -0.25) is 0 Å². The summed E-state index contributed by atoms with van der Waals surface area (Å²) in [7, 11) is 0. The van der Waals surface area contributed by atoms with Gasteiger partial charge in [0.05, 0.1) is 6.61 Å². The fourth-order valence-electron chi connectivity index (χ4n) is 2.50. The molecule has 21 heavy (non-hydrogen) atoms. The van der Waals surface area contributed by atoms with Crippen LogP contribution in [0.25, 0.3) is 0 Å². The van der Waals surface area contributed by atoms with Gasteiger partial charge in [-0.05, 0) is 30.2 Å². The van der Waals surface area contributed by atoms with Crippen LogP contribution >= 0.6 is 0 Å². The van der Waals surface area contributed by atoms with E-state index in [4.69, 9.17) is 9.47 Å². The minimum absolute atomic E-state index is 0.110. The second-order valence-corrected chi connectivity index (χ2v) is 5.16. The maximum atomic E-state index is 9.84. The van der Waals surface area contributed by atoms with Gasteiger partial charge >= 0.3 is 0 Å². The molecule has 0 aromatic heterocycles. The van der Waals surface area contributed by atoms with Gasteiger partial charge in [0, 0.05) is 12.0 Å². The van der Waals surface area contributed by atoms with E-state index in [0.29, 0.717) is 12.2 Å². The minimum Gasteiger partial charge on any atom is -0.508 e. The first kappa shape index (κ1) is 13.9. The van der Waals surface area contributed by atoms with Crippen LogP contribution in [0.3, 0.4) is 0 Å². The van der Waals surface area contributed by atoms with Gasteiger partial charge in [0.15, 0.2) is 6.29 Å². The zero-order valence-corrected chi connectivity index (χ0v) is 11.6. The second kappa shape index (κ2) is 6.16. The van der Waals surface area contributed by atoms with E-state index in [2.05, 4.69) is 12.1 Å². The Hall–Kier alpha value is -2.04. The van der Waals surface area contributed by atoms with Crippen LogP contribution in [0.5, 0.6) is 11.5 Å². The molecular weight excluding hydrogens is 268 g/mol. The number of benzene rings is 2. The van der Waals surface area contributed by atoms with Gasteiger partial charge in [-0.2, -0.15) is 0 Å². The summed E-state index contributed by atoms with van der Waals surface area (Å²) >= 11 is 0. The predicted octanol–water partition coefficient (Wildman–Crippen LogP) is 3.14. The van der Waals surface area contributed by atoms with Crippen LogP contribution < -0.4 is 0 Å². The highest BCUT2D eigenvalue weighted by Crippen LogP contribution is 2.35. The van der Waals surface area contributed by atoms with E-state index in [0.717, 1.165) is 12.8 Å². The van der Waals surface area contributed by atoms with E-state index < -0.39 is 0 Å². The minimum atomic E-state index is -0.335. The number of aryl methyl sites for hydroxylation is 1. The zero-order valence-electron chi connectivity index (χ0n) is 11.6. The number of rotatable bonds is 4. The highest BCUT2D eigenvalue weighted by molar-refractivity contribution is 5.40. The number of phenols is 2. The first-order valence-electron chi connectivity index (χ1n) is 7.05. The Morgan fingerprint density at radius 2 is 1.86 bits per heavy atom. The van der Waals surface area contributed by atoms with Gasteiger partial charge in [-0.15, -0.1) is 0 Å². The Morgan fingerprint density at radius 1 is 1.05 bits per heavy atom. The topological polar surface area (TPSA) is 58.9 Å². The average Bonchev–Trinajstić information content (AvgIpc) is 2.97. The molecule has 1 aliphatic rings. The van der Waals surface area contributed by atoms with Crippen molar-refractivity contribution in [2.45, 2.75) is 25.2 Å². The van der Waals surface area contributed by atoms with Crippen LogP contribution in [0.15, 0.2) is 48.5 Å². The third kappa shape index (κ3) is 3.35. The van der Waals surface area contributed by atoms with Gasteiger partial charge < -0.3 is 19.7 Å². The van der Waals surface area contributed by atoms with E-state index in [1.165, 1.54) is 23.8 Å². The molecule has 0 bridgehead atoms. The Morgan fingerprint density at radius 3 is 2.67 bits per heavy atom. The Balaban J connectivity index is 1.59. The van der Waals surface area contributed by atoms with Gasteiger partial charge in [0.2, 0.25) is 0 Å². The van der Waals surface area contributed by atoms with E-state index in [-0.39, 0.29) is 23.9 Å². The molecule has 0 amide bonds. The lowest BCUT2D eigenvalue weighted by molar-refractivity contribution is -0.0623. The normalized spacial score (nSPS) is 21.5. The molecule has 1 heterocycles. The fraction of sp³-hybridized carbons (Fsp3) is 0.294. The van der Waals surface area contributed by atoms with E-state index >= 15 is 0 Å². The summed E-state index contributed by atoms with van der Waals surface area (Å²) in [6.07, 6.45) is 1.03. The molecule has 2 aromatic rings. The standard InChI is InChI=1S/C17H18O4/c18-13-7-8-15(19)14(10-13)16-11-20-17(21-16)9-6-12-4-2-1-3-5-12/h1-5,7-8,10,16-19H,6,9,11H2/t16?,17-/m0/s1. The molecule has 4 heteroatoms. The molecule has 0 spiro atoms. The second-order valence-electron chi connectivity index (χ2n) is 5.16. The maximum Gasteiger partial charge on any atom is 0.158 e. The number of phenolic OH excluding ortho intramolecular Hbond substituents is 2. The molecule has 0 radical (unpaired) electrons. The van der Waals surface area contributed by atoms with Crippen molar-refractivity contribution in [3.63, 3.8) is 0 Å². The molecule has 1 fully saturated rings. The maximum absolute atomic E-state index is 9.84. The number of ether oxygens (including phenoxy) is 2. The van der Waals surface area contributed by atoms with Gasteiger partial charge in [-0.1, -0.05) is 30.3 Å². The molecule has 2 N–H and O–H groups in total. The molecule has 110 valence electrons. The quantitative estimate of drug-likeness (QED) is 0.848.